The van der Waals surface area contributed by atoms with Crippen molar-refractivity contribution in [3.05, 3.63) is 29.8 Å². The molecule has 18 heavy (non-hydrogen) atoms. The summed E-state index contributed by atoms with van der Waals surface area (Å²) in [5.74, 6) is 0.155. The third-order valence-corrected chi connectivity index (χ3v) is 3.17. The number of anilines is 1. The summed E-state index contributed by atoms with van der Waals surface area (Å²) in [6.45, 7) is 0.103. The SMILES string of the molecule is NS(=O)(=O)NCc1cccc(NC(=O)C2CC2)c1. The first-order valence-electron chi connectivity index (χ1n) is 5.61. The number of hydrogen-bond donors (Lipinski definition) is 3. The maximum absolute atomic E-state index is 11.6. The second-order valence-corrected chi connectivity index (χ2v) is 5.71. The first kappa shape index (κ1) is 13.0. The van der Waals surface area contributed by atoms with Gasteiger partial charge in [-0.1, -0.05) is 12.1 Å². The van der Waals surface area contributed by atoms with E-state index in [-0.39, 0.29) is 18.4 Å². The van der Waals surface area contributed by atoms with E-state index in [0.29, 0.717) is 5.69 Å². The molecule has 6 nitrogen and oxygen atoms in total. The third-order valence-electron chi connectivity index (χ3n) is 2.62. The Balaban J connectivity index is 1.98. The molecule has 98 valence electrons. The number of benzene rings is 1. The molecule has 1 aromatic carbocycles. The fraction of sp³-hybridized carbons (Fsp3) is 0.364. The summed E-state index contributed by atoms with van der Waals surface area (Å²) < 4.78 is 23.7. The van der Waals surface area contributed by atoms with Crippen molar-refractivity contribution >= 4 is 21.8 Å². The van der Waals surface area contributed by atoms with Crippen LogP contribution < -0.4 is 15.2 Å². The van der Waals surface area contributed by atoms with Gasteiger partial charge in [0.25, 0.3) is 10.2 Å². The Morgan fingerprint density at radius 3 is 2.72 bits per heavy atom. The molecule has 2 rings (SSSR count). The van der Waals surface area contributed by atoms with Gasteiger partial charge in [0.1, 0.15) is 0 Å². The molecule has 1 saturated carbocycles. The number of carbonyl (C=O) groups is 1. The van der Waals surface area contributed by atoms with Crippen molar-refractivity contribution in [3.63, 3.8) is 0 Å². The molecule has 0 bridgehead atoms. The van der Waals surface area contributed by atoms with E-state index < -0.39 is 10.2 Å². The molecular formula is C11H15N3O3S. The number of nitrogens with one attached hydrogen (secondary N) is 2. The van der Waals surface area contributed by atoms with Crippen molar-refractivity contribution < 1.29 is 13.2 Å². The molecule has 1 aromatic rings. The fourth-order valence-corrected chi connectivity index (χ4v) is 1.90. The Labute approximate surface area is 106 Å². The molecule has 1 aliphatic carbocycles. The van der Waals surface area contributed by atoms with E-state index in [2.05, 4.69) is 10.0 Å². The van der Waals surface area contributed by atoms with Gasteiger partial charge in [0.15, 0.2) is 0 Å². The second kappa shape index (κ2) is 5.05. The normalized spacial score (nSPS) is 15.4. The highest BCUT2D eigenvalue weighted by Gasteiger charge is 2.29. The predicted octanol–water partition coefficient (Wildman–Crippen LogP) is 0.328. The average molecular weight is 269 g/mol. The van der Waals surface area contributed by atoms with Gasteiger partial charge in [0.2, 0.25) is 5.91 Å². The zero-order valence-corrected chi connectivity index (χ0v) is 10.5. The number of hydrogen-bond acceptors (Lipinski definition) is 3. The molecule has 0 aromatic heterocycles. The Hall–Kier alpha value is -1.44. The van der Waals surface area contributed by atoms with Crippen LogP contribution in [0.1, 0.15) is 18.4 Å². The Kier molecular flexibility index (Phi) is 3.65. The van der Waals surface area contributed by atoms with Crippen LogP contribution in [0, 0.1) is 5.92 Å². The maximum atomic E-state index is 11.6. The lowest BCUT2D eigenvalue weighted by atomic mass is 10.2. The molecule has 1 amide bonds. The van der Waals surface area contributed by atoms with Gasteiger partial charge in [0, 0.05) is 18.2 Å². The van der Waals surface area contributed by atoms with E-state index >= 15 is 0 Å². The topological polar surface area (TPSA) is 101 Å². The van der Waals surface area contributed by atoms with Crippen LogP contribution in [0.5, 0.6) is 0 Å². The summed E-state index contributed by atoms with van der Waals surface area (Å²) in [7, 11) is -3.70. The van der Waals surface area contributed by atoms with Gasteiger partial charge in [0.05, 0.1) is 0 Å². The van der Waals surface area contributed by atoms with Crippen molar-refractivity contribution in [1.29, 1.82) is 0 Å². The van der Waals surface area contributed by atoms with Crippen LogP contribution >= 0.6 is 0 Å². The van der Waals surface area contributed by atoms with E-state index in [1.807, 2.05) is 0 Å². The van der Waals surface area contributed by atoms with Crippen LogP contribution in [-0.2, 0) is 21.5 Å². The molecule has 1 aliphatic rings. The third kappa shape index (κ3) is 4.10. The molecule has 7 heteroatoms. The monoisotopic (exact) mass is 269 g/mol. The Morgan fingerprint density at radius 2 is 2.11 bits per heavy atom. The highest BCUT2D eigenvalue weighted by atomic mass is 32.2. The highest BCUT2D eigenvalue weighted by Crippen LogP contribution is 2.30. The van der Waals surface area contributed by atoms with Crippen molar-refractivity contribution in [1.82, 2.24) is 4.72 Å². The van der Waals surface area contributed by atoms with Crippen molar-refractivity contribution in [2.45, 2.75) is 19.4 Å². The number of rotatable bonds is 5. The van der Waals surface area contributed by atoms with Gasteiger partial charge in [-0.05, 0) is 30.5 Å². The van der Waals surface area contributed by atoms with Crippen molar-refractivity contribution in [2.24, 2.45) is 11.1 Å². The number of nitrogens with two attached hydrogens (primary N) is 1. The van der Waals surface area contributed by atoms with Crippen molar-refractivity contribution in [3.8, 4) is 0 Å². The quantitative estimate of drug-likeness (QED) is 0.717. The standard InChI is InChI=1S/C11H15N3O3S/c12-18(16,17)13-7-8-2-1-3-10(6-8)14-11(15)9-4-5-9/h1-3,6,9,13H,4-5,7H2,(H,14,15)(H2,12,16,17). The first-order chi connectivity index (χ1) is 8.44. The smallest absolute Gasteiger partial charge is 0.274 e. The highest BCUT2D eigenvalue weighted by molar-refractivity contribution is 7.87. The zero-order valence-electron chi connectivity index (χ0n) is 9.72. The minimum atomic E-state index is -3.70. The van der Waals surface area contributed by atoms with Crippen LogP contribution in [0.3, 0.4) is 0 Å². The average Bonchev–Trinajstić information content (AvgIpc) is 3.09. The van der Waals surface area contributed by atoms with Gasteiger partial charge < -0.3 is 5.32 Å². The summed E-state index contributed by atoms with van der Waals surface area (Å²) in [5.41, 5.74) is 1.40. The van der Waals surface area contributed by atoms with Gasteiger partial charge in [-0.15, -0.1) is 0 Å². The van der Waals surface area contributed by atoms with Crippen LogP contribution in [0.4, 0.5) is 5.69 Å². The van der Waals surface area contributed by atoms with Crippen LogP contribution in [0.2, 0.25) is 0 Å². The predicted molar refractivity (Wildman–Crippen MR) is 67.7 cm³/mol. The van der Waals surface area contributed by atoms with Gasteiger partial charge in [-0.2, -0.15) is 13.1 Å². The molecule has 0 radical (unpaired) electrons. The Bertz CT molecular complexity index is 552. The molecule has 4 N–H and O–H groups in total. The molecule has 0 unspecified atom stereocenters. The minimum Gasteiger partial charge on any atom is -0.326 e. The molecule has 0 atom stereocenters. The van der Waals surface area contributed by atoms with E-state index in [1.54, 1.807) is 24.3 Å². The largest absolute Gasteiger partial charge is 0.326 e. The van der Waals surface area contributed by atoms with E-state index in [0.717, 1.165) is 18.4 Å². The van der Waals surface area contributed by atoms with Crippen LogP contribution in [0.15, 0.2) is 24.3 Å². The minimum absolute atomic E-state index is 0.0200. The van der Waals surface area contributed by atoms with Crippen LogP contribution in [-0.4, -0.2) is 14.3 Å². The molecule has 0 aliphatic heterocycles. The number of amides is 1. The van der Waals surface area contributed by atoms with E-state index in [9.17, 15) is 13.2 Å². The first-order valence-corrected chi connectivity index (χ1v) is 7.16. The molecule has 1 fully saturated rings. The lowest BCUT2D eigenvalue weighted by Crippen LogP contribution is -2.30. The fourth-order valence-electron chi connectivity index (χ4n) is 1.53. The molecular weight excluding hydrogens is 254 g/mol. The summed E-state index contributed by atoms with van der Waals surface area (Å²) in [6.07, 6.45) is 1.89. The van der Waals surface area contributed by atoms with Crippen molar-refractivity contribution in [2.75, 3.05) is 5.32 Å². The summed E-state index contributed by atoms with van der Waals surface area (Å²) in [5, 5.41) is 7.64. The number of carbonyl (C=O) groups excluding carboxylic acids is 1. The molecule has 0 spiro atoms. The summed E-state index contributed by atoms with van der Waals surface area (Å²) in [6, 6.07) is 6.99. The lowest BCUT2D eigenvalue weighted by molar-refractivity contribution is -0.117. The second-order valence-electron chi connectivity index (χ2n) is 4.33. The van der Waals surface area contributed by atoms with Gasteiger partial charge >= 0.3 is 0 Å². The van der Waals surface area contributed by atoms with Gasteiger partial charge in [-0.3, -0.25) is 4.79 Å². The van der Waals surface area contributed by atoms with E-state index in [4.69, 9.17) is 5.14 Å². The zero-order chi connectivity index (χ0) is 13.2. The van der Waals surface area contributed by atoms with E-state index in [1.165, 1.54) is 0 Å². The summed E-state index contributed by atoms with van der Waals surface area (Å²) in [4.78, 5) is 11.6. The molecule has 0 saturated heterocycles. The Morgan fingerprint density at radius 1 is 1.39 bits per heavy atom. The van der Waals surface area contributed by atoms with Gasteiger partial charge in [-0.25, -0.2) is 5.14 Å². The summed E-state index contributed by atoms with van der Waals surface area (Å²) >= 11 is 0. The lowest BCUT2D eigenvalue weighted by Gasteiger charge is -2.07. The molecule has 0 heterocycles. The maximum Gasteiger partial charge on any atom is 0.274 e. The van der Waals surface area contributed by atoms with Crippen LogP contribution in [0.25, 0.3) is 0 Å².